The quantitative estimate of drug-likeness (QED) is 0.535. The number of unbranched alkanes of at least 4 members (excludes halogenated alkanes) is 6. The molecule has 20 heavy (non-hydrogen) atoms. The van der Waals surface area contributed by atoms with Gasteiger partial charge < -0.3 is 21.3 Å². The van der Waals surface area contributed by atoms with Gasteiger partial charge in [0.1, 0.15) is 0 Å². The summed E-state index contributed by atoms with van der Waals surface area (Å²) in [6, 6.07) is 0. The van der Waals surface area contributed by atoms with Gasteiger partial charge in [-0.25, -0.2) is 0 Å². The highest BCUT2D eigenvalue weighted by Crippen LogP contribution is 2.07. The van der Waals surface area contributed by atoms with E-state index in [1.165, 1.54) is 90.6 Å². The number of nitrogens with two attached hydrogens (primary N) is 2. The molecule has 1 heterocycles. The fraction of sp³-hybridized carbons (Fsp3) is 1.00. The molecule has 120 valence electrons. The highest BCUT2D eigenvalue weighted by Gasteiger charge is 2.15. The van der Waals surface area contributed by atoms with Crippen molar-refractivity contribution in [1.82, 2.24) is 9.80 Å². The van der Waals surface area contributed by atoms with Gasteiger partial charge in [0.05, 0.1) is 0 Å². The molecule has 1 saturated heterocycles. The minimum Gasteiger partial charge on any atom is -0.330 e. The van der Waals surface area contributed by atoms with E-state index in [2.05, 4.69) is 9.80 Å². The molecule has 0 atom stereocenters. The number of piperazine rings is 1. The van der Waals surface area contributed by atoms with E-state index in [0.717, 1.165) is 13.1 Å². The first-order valence-corrected chi connectivity index (χ1v) is 8.71. The van der Waals surface area contributed by atoms with Gasteiger partial charge in [-0.2, -0.15) is 0 Å². The van der Waals surface area contributed by atoms with Crippen LogP contribution < -0.4 is 11.5 Å². The Kier molecular flexibility index (Phi) is 11.2. The summed E-state index contributed by atoms with van der Waals surface area (Å²) >= 11 is 0. The average molecular weight is 284 g/mol. The van der Waals surface area contributed by atoms with Crippen LogP contribution >= 0.6 is 0 Å². The third kappa shape index (κ3) is 8.90. The first-order chi connectivity index (χ1) is 9.86. The SMILES string of the molecule is NCCCCCCN1CCN(CCCCCCN)CC1. The number of hydrogen-bond donors (Lipinski definition) is 2. The molecule has 0 aliphatic carbocycles. The molecule has 0 aromatic carbocycles. The Hall–Kier alpha value is -0.160. The minimum atomic E-state index is 0.851. The fourth-order valence-electron chi connectivity index (χ4n) is 2.90. The third-order valence-corrected chi connectivity index (χ3v) is 4.32. The largest absolute Gasteiger partial charge is 0.330 e. The monoisotopic (exact) mass is 284 g/mol. The molecule has 0 unspecified atom stereocenters. The highest BCUT2D eigenvalue weighted by molar-refractivity contribution is 4.71. The molecular formula is C16H36N4. The summed E-state index contributed by atoms with van der Waals surface area (Å²) in [6.45, 7) is 9.33. The van der Waals surface area contributed by atoms with Crippen molar-refractivity contribution >= 4 is 0 Å². The van der Waals surface area contributed by atoms with Crippen LogP contribution in [0.3, 0.4) is 0 Å². The van der Waals surface area contributed by atoms with Crippen molar-refractivity contribution in [3.05, 3.63) is 0 Å². The van der Waals surface area contributed by atoms with E-state index in [1.54, 1.807) is 0 Å². The Balaban J connectivity index is 1.91. The summed E-state index contributed by atoms with van der Waals surface area (Å²) in [7, 11) is 0. The van der Waals surface area contributed by atoms with E-state index in [0.29, 0.717) is 0 Å². The molecule has 1 aliphatic rings. The van der Waals surface area contributed by atoms with Crippen molar-refractivity contribution < 1.29 is 0 Å². The zero-order valence-electron chi connectivity index (χ0n) is 13.4. The summed E-state index contributed by atoms with van der Waals surface area (Å²) in [6.07, 6.45) is 10.4. The number of nitrogens with zero attached hydrogens (tertiary/aromatic N) is 2. The molecule has 1 rings (SSSR count). The molecule has 1 aliphatic heterocycles. The van der Waals surface area contributed by atoms with Crippen LogP contribution in [0.1, 0.15) is 51.4 Å². The molecule has 4 N–H and O–H groups in total. The van der Waals surface area contributed by atoms with Crippen LogP contribution in [0.15, 0.2) is 0 Å². The standard InChI is InChI=1S/C16H36N4/c17-9-5-1-3-7-11-19-13-15-20(16-14-19)12-8-4-2-6-10-18/h1-18H2. The number of hydrogen-bond acceptors (Lipinski definition) is 4. The van der Waals surface area contributed by atoms with Gasteiger partial charge in [-0.1, -0.05) is 25.7 Å². The van der Waals surface area contributed by atoms with Gasteiger partial charge in [0, 0.05) is 26.2 Å². The molecule has 4 heteroatoms. The van der Waals surface area contributed by atoms with Gasteiger partial charge >= 0.3 is 0 Å². The van der Waals surface area contributed by atoms with E-state index in [4.69, 9.17) is 11.5 Å². The topological polar surface area (TPSA) is 58.5 Å². The Morgan fingerprint density at radius 3 is 1.20 bits per heavy atom. The van der Waals surface area contributed by atoms with Crippen LogP contribution in [0.2, 0.25) is 0 Å². The summed E-state index contributed by atoms with van der Waals surface area (Å²) in [5.41, 5.74) is 11.0. The predicted octanol–water partition coefficient (Wildman–Crippen LogP) is 1.64. The molecule has 4 nitrogen and oxygen atoms in total. The molecule has 0 aromatic rings. The highest BCUT2D eigenvalue weighted by atomic mass is 15.3. The van der Waals surface area contributed by atoms with Crippen molar-refractivity contribution in [3.63, 3.8) is 0 Å². The van der Waals surface area contributed by atoms with E-state index >= 15 is 0 Å². The maximum absolute atomic E-state index is 5.51. The van der Waals surface area contributed by atoms with Crippen molar-refractivity contribution in [2.24, 2.45) is 11.5 Å². The zero-order valence-corrected chi connectivity index (χ0v) is 13.4. The van der Waals surface area contributed by atoms with Crippen LogP contribution in [0.5, 0.6) is 0 Å². The lowest BCUT2D eigenvalue weighted by molar-refractivity contribution is 0.129. The van der Waals surface area contributed by atoms with Gasteiger partial charge in [-0.3, -0.25) is 0 Å². The number of rotatable bonds is 12. The molecule has 0 radical (unpaired) electrons. The Bertz CT molecular complexity index is 181. The van der Waals surface area contributed by atoms with E-state index < -0.39 is 0 Å². The van der Waals surface area contributed by atoms with E-state index in [9.17, 15) is 0 Å². The lowest BCUT2D eigenvalue weighted by Crippen LogP contribution is -2.46. The smallest absolute Gasteiger partial charge is 0.0110 e. The zero-order chi connectivity index (χ0) is 14.5. The maximum atomic E-state index is 5.51. The summed E-state index contributed by atoms with van der Waals surface area (Å²) in [5.74, 6) is 0. The van der Waals surface area contributed by atoms with Crippen molar-refractivity contribution in [2.75, 3.05) is 52.4 Å². The summed E-state index contributed by atoms with van der Waals surface area (Å²) in [4.78, 5) is 5.26. The normalized spacial score (nSPS) is 17.7. The molecule has 0 spiro atoms. The predicted molar refractivity (Wildman–Crippen MR) is 87.9 cm³/mol. The molecule has 0 bridgehead atoms. The first kappa shape index (κ1) is 17.9. The lowest BCUT2D eigenvalue weighted by Gasteiger charge is -2.34. The van der Waals surface area contributed by atoms with Gasteiger partial charge in [0.15, 0.2) is 0 Å². The second kappa shape index (κ2) is 12.6. The van der Waals surface area contributed by atoms with E-state index in [1.807, 2.05) is 0 Å². The first-order valence-electron chi connectivity index (χ1n) is 8.71. The molecule has 0 amide bonds. The van der Waals surface area contributed by atoms with Crippen LogP contribution in [0.4, 0.5) is 0 Å². The van der Waals surface area contributed by atoms with Crippen LogP contribution in [-0.4, -0.2) is 62.2 Å². The van der Waals surface area contributed by atoms with Crippen LogP contribution in [0.25, 0.3) is 0 Å². The Morgan fingerprint density at radius 2 is 0.850 bits per heavy atom. The Labute approximate surface area is 125 Å². The maximum Gasteiger partial charge on any atom is 0.0110 e. The van der Waals surface area contributed by atoms with Gasteiger partial charge in [0.25, 0.3) is 0 Å². The van der Waals surface area contributed by atoms with E-state index in [-0.39, 0.29) is 0 Å². The van der Waals surface area contributed by atoms with Gasteiger partial charge in [0.2, 0.25) is 0 Å². The Morgan fingerprint density at radius 1 is 0.500 bits per heavy atom. The minimum absolute atomic E-state index is 0.851. The van der Waals surface area contributed by atoms with Crippen LogP contribution in [0, 0.1) is 0 Å². The molecule has 0 saturated carbocycles. The van der Waals surface area contributed by atoms with Crippen LogP contribution in [-0.2, 0) is 0 Å². The van der Waals surface area contributed by atoms with Crippen molar-refractivity contribution in [1.29, 1.82) is 0 Å². The second-order valence-corrected chi connectivity index (χ2v) is 6.09. The van der Waals surface area contributed by atoms with Gasteiger partial charge in [-0.05, 0) is 51.9 Å². The summed E-state index contributed by atoms with van der Waals surface area (Å²) in [5, 5.41) is 0. The molecule has 0 aromatic heterocycles. The summed E-state index contributed by atoms with van der Waals surface area (Å²) < 4.78 is 0. The fourth-order valence-corrected chi connectivity index (χ4v) is 2.90. The molecule has 1 fully saturated rings. The third-order valence-electron chi connectivity index (χ3n) is 4.32. The average Bonchev–Trinajstić information content (AvgIpc) is 2.48. The lowest BCUT2D eigenvalue weighted by atomic mass is 10.1. The van der Waals surface area contributed by atoms with Gasteiger partial charge in [-0.15, -0.1) is 0 Å². The molecular weight excluding hydrogens is 248 g/mol. The second-order valence-electron chi connectivity index (χ2n) is 6.09. The van der Waals surface area contributed by atoms with Crippen molar-refractivity contribution in [3.8, 4) is 0 Å². The van der Waals surface area contributed by atoms with Crippen molar-refractivity contribution in [2.45, 2.75) is 51.4 Å².